The maximum Gasteiger partial charge on any atom is 0.278 e. The lowest BCUT2D eigenvalue weighted by Gasteiger charge is -2.27. The molecule has 0 atom stereocenters. The van der Waals surface area contributed by atoms with Crippen molar-refractivity contribution in [3.63, 3.8) is 0 Å². The highest BCUT2D eigenvalue weighted by molar-refractivity contribution is 7.22. The summed E-state index contributed by atoms with van der Waals surface area (Å²) < 4.78 is 8.49. The minimum Gasteiger partial charge on any atom is -0.379 e. The molecule has 3 aromatic heterocycles. The van der Waals surface area contributed by atoms with Crippen LogP contribution >= 0.6 is 11.3 Å². The number of imidazole rings is 1. The predicted octanol–water partition coefficient (Wildman–Crippen LogP) is 4.24. The smallest absolute Gasteiger partial charge is 0.278 e. The second kappa shape index (κ2) is 9.21. The molecule has 5 rings (SSSR count). The lowest BCUT2D eigenvalue weighted by atomic mass is 10.1. The highest BCUT2D eigenvalue weighted by Gasteiger charge is 2.26. The van der Waals surface area contributed by atoms with Crippen LogP contribution in [0.25, 0.3) is 15.9 Å². The van der Waals surface area contributed by atoms with Gasteiger partial charge in [-0.1, -0.05) is 23.5 Å². The average molecular weight is 464 g/mol. The molecule has 0 bridgehead atoms. The zero-order valence-corrected chi connectivity index (χ0v) is 20.2. The zero-order chi connectivity index (χ0) is 22.9. The first-order valence-corrected chi connectivity index (χ1v) is 12.3. The molecule has 172 valence electrons. The molecule has 4 aromatic rings. The van der Waals surface area contributed by atoms with Gasteiger partial charge in [0.25, 0.3) is 5.91 Å². The summed E-state index contributed by atoms with van der Waals surface area (Å²) in [6.07, 6.45) is 2.77. The van der Waals surface area contributed by atoms with Gasteiger partial charge in [-0.05, 0) is 56.5 Å². The molecular weight excluding hydrogens is 434 g/mol. The highest BCUT2D eigenvalue weighted by Crippen LogP contribution is 2.33. The number of thiazole rings is 1. The van der Waals surface area contributed by atoms with E-state index in [0.29, 0.717) is 12.2 Å². The third-order valence-electron chi connectivity index (χ3n) is 6.15. The summed E-state index contributed by atoms with van der Waals surface area (Å²) in [4.78, 5) is 27.7. The van der Waals surface area contributed by atoms with Gasteiger partial charge in [-0.3, -0.25) is 19.0 Å². The Kier molecular flexibility index (Phi) is 6.14. The number of hydrogen-bond acceptors (Lipinski definition) is 6. The van der Waals surface area contributed by atoms with E-state index in [2.05, 4.69) is 35.9 Å². The highest BCUT2D eigenvalue weighted by atomic mass is 32.1. The number of nitrogens with zero attached hydrogens (tertiary/aromatic N) is 5. The number of fused-ring (bicyclic) bond motifs is 2. The molecule has 1 aliphatic rings. The van der Waals surface area contributed by atoms with Crippen molar-refractivity contribution in [2.45, 2.75) is 27.2 Å². The molecule has 1 aliphatic heterocycles. The molecule has 4 heterocycles. The number of pyridine rings is 1. The zero-order valence-electron chi connectivity index (χ0n) is 19.4. The van der Waals surface area contributed by atoms with Crippen LogP contribution in [0.1, 0.15) is 33.7 Å². The van der Waals surface area contributed by atoms with E-state index in [9.17, 15) is 4.79 Å². The molecule has 1 aromatic carbocycles. The van der Waals surface area contributed by atoms with Crippen LogP contribution in [0.4, 0.5) is 5.13 Å². The minimum atomic E-state index is -0.0541. The first-order chi connectivity index (χ1) is 16.0. The van der Waals surface area contributed by atoms with Gasteiger partial charge in [0.15, 0.2) is 5.13 Å². The molecule has 1 amide bonds. The summed E-state index contributed by atoms with van der Waals surface area (Å²) in [5.74, 6) is -0.0541. The number of carbonyl (C=O) groups excluding carboxylic acids is 1. The Labute approximate surface area is 197 Å². The Balaban J connectivity index is 1.50. The molecule has 0 N–H and O–H groups in total. The fourth-order valence-corrected chi connectivity index (χ4v) is 5.58. The van der Waals surface area contributed by atoms with E-state index >= 15 is 0 Å². The monoisotopic (exact) mass is 463 g/mol. The number of benzene rings is 1. The van der Waals surface area contributed by atoms with E-state index in [4.69, 9.17) is 9.72 Å². The number of rotatable bonds is 6. The molecule has 1 fully saturated rings. The van der Waals surface area contributed by atoms with Crippen molar-refractivity contribution in [1.82, 2.24) is 19.3 Å². The Morgan fingerprint density at radius 3 is 2.79 bits per heavy atom. The molecular formula is C25H29N5O2S. The Bertz CT molecular complexity index is 1310. The van der Waals surface area contributed by atoms with Crippen LogP contribution in [-0.2, 0) is 4.74 Å². The molecule has 0 saturated carbocycles. The second-order valence-corrected chi connectivity index (χ2v) is 9.64. The molecule has 7 nitrogen and oxygen atoms in total. The van der Waals surface area contributed by atoms with E-state index in [-0.39, 0.29) is 5.91 Å². The standard InChI is InChI=1S/C25H29N5O2S/c1-17-15-18(2)23-20(16-17)27-25(33-23)30(10-6-8-28-11-13-32-14-12-28)24(31)22-19(3)26-21-7-4-5-9-29(21)22/h4-5,7,9,15-16H,6,8,10-14H2,1-3H3. The third kappa shape index (κ3) is 4.38. The number of carbonyl (C=O) groups is 1. The van der Waals surface area contributed by atoms with Crippen molar-refractivity contribution >= 4 is 38.2 Å². The van der Waals surface area contributed by atoms with Gasteiger partial charge in [0.2, 0.25) is 0 Å². The predicted molar refractivity (Wildman–Crippen MR) is 133 cm³/mol. The van der Waals surface area contributed by atoms with Crippen molar-refractivity contribution in [3.05, 3.63) is 59.0 Å². The van der Waals surface area contributed by atoms with Crippen molar-refractivity contribution in [3.8, 4) is 0 Å². The summed E-state index contributed by atoms with van der Waals surface area (Å²) in [6.45, 7) is 11.1. The molecule has 0 radical (unpaired) electrons. The first-order valence-electron chi connectivity index (χ1n) is 11.4. The number of amides is 1. The van der Waals surface area contributed by atoms with E-state index in [0.717, 1.165) is 66.0 Å². The molecule has 0 aliphatic carbocycles. The largest absolute Gasteiger partial charge is 0.379 e. The number of aryl methyl sites for hydroxylation is 3. The van der Waals surface area contributed by atoms with E-state index < -0.39 is 0 Å². The van der Waals surface area contributed by atoms with E-state index in [1.54, 1.807) is 11.3 Å². The maximum absolute atomic E-state index is 14.0. The summed E-state index contributed by atoms with van der Waals surface area (Å²) in [5.41, 5.74) is 5.44. The first kappa shape index (κ1) is 22.0. The van der Waals surface area contributed by atoms with Crippen molar-refractivity contribution in [1.29, 1.82) is 0 Å². The fraction of sp³-hybridized carbons (Fsp3) is 0.400. The maximum atomic E-state index is 14.0. The van der Waals surface area contributed by atoms with Gasteiger partial charge < -0.3 is 4.74 Å². The Morgan fingerprint density at radius 1 is 1.15 bits per heavy atom. The lowest BCUT2D eigenvalue weighted by Crippen LogP contribution is -2.39. The van der Waals surface area contributed by atoms with Gasteiger partial charge in [-0.15, -0.1) is 0 Å². The summed E-state index contributed by atoms with van der Waals surface area (Å²) >= 11 is 1.59. The molecule has 0 unspecified atom stereocenters. The average Bonchev–Trinajstić information content (AvgIpc) is 3.37. The van der Waals surface area contributed by atoms with Crippen LogP contribution < -0.4 is 4.90 Å². The van der Waals surface area contributed by atoms with Crippen LogP contribution in [0.15, 0.2) is 36.5 Å². The van der Waals surface area contributed by atoms with Crippen LogP contribution in [0, 0.1) is 20.8 Å². The van der Waals surface area contributed by atoms with Crippen molar-refractivity contribution in [2.24, 2.45) is 0 Å². The molecule has 1 saturated heterocycles. The number of hydrogen-bond donors (Lipinski definition) is 0. The third-order valence-corrected chi connectivity index (χ3v) is 7.38. The van der Waals surface area contributed by atoms with E-state index in [1.165, 1.54) is 11.1 Å². The quantitative estimate of drug-likeness (QED) is 0.428. The second-order valence-electron chi connectivity index (χ2n) is 8.67. The molecule has 8 heteroatoms. The number of aromatic nitrogens is 3. The van der Waals surface area contributed by atoms with Crippen LogP contribution in [-0.4, -0.2) is 64.6 Å². The fourth-order valence-electron chi connectivity index (χ4n) is 4.54. The number of anilines is 1. The Morgan fingerprint density at radius 2 is 1.97 bits per heavy atom. The lowest BCUT2D eigenvalue weighted by molar-refractivity contribution is 0.0376. The van der Waals surface area contributed by atoms with Crippen LogP contribution in [0.5, 0.6) is 0 Å². The van der Waals surface area contributed by atoms with Gasteiger partial charge in [0.05, 0.1) is 29.1 Å². The van der Waals surface area contributed by atoms with Crippen molar-refractivity contribution in [2.75, 3.05) is 44.3 Å². The van der Waals surface area contributed by atoms with Gasteiger partial charge in [-0.25, -0.2) is 9.97 Å². The van der Waals surface area contributed by atoms with Crippen molar-refractivity contribution < 1.29 is 9.53 Å². The molecule has 0 spiro atoms. The Hall–Kier alpha value is -2.81. The van der Waals surface area contributed by atoms with Gasteiger partial charge in [0, 0.05) is 32.4 Å². The van der Waals surface area contributed by atoms with Gasteiger partial charge in [0.1, 0.15) is 11.3 Å². The van der Waals surface area contributed by atoms with Crippen LogP contribution in [0.2, 0.25) is 0 Å². The minimum absolute atomic E-state index is 0.0541. The number of morpholine rings is 1. The number of ether oxygens (including phenoxy) is 1. The van der Waals surface area contributed by atoms with Crippen LogP contribution in [0.3, 0.4) is 0 Å². The van der Waals surface area contributed by atoms with Gasteiger partial charge >= 0.3 is 0 Å². The topological polar surface area (TPSA) is 63.0 Å². The summed E-state index contributed by atoms with van der Waals surface area (Å²) in [6, 6.07) is 10.1. The SMILES string of the molecule is Cc1cc(C)c2sc(N(CCCN3CCOCC3)C(=O)c3c(C)nc4ccccn34)nc2c1. The summed E-state index contributed by atoms with van der Waals surface area (Å²) in [7, 11) is 0. The van der Waals surface area contributed by atoms with Gasteiger partial charge in [-0.2, -0.15) is 0 Å². The van der Waals surface area contributed by atoms with E-state index in [1.807, 2.05) is 40.6 Å². The normalized spacial score (nSPS) is 14.9. The molecule has 33 heavy (non-hydrogen) atoms. The summed E-state index contributed by atoms with van der Waals surface area (Å²) in [5, 5.41) is 0.746.